The van der Waals surface area contributed by atoms with Crippen LogP contribution in [0.2, 0.25) is 0 Å². The van der Waals surface area contributed by atoms with Crippen molar-refractivity contribution in [1.82, 2.24) is 13.3 Å². The summed E-state index contributed by atoms with van der Waals surface area (Å²) in [5.74, 6) is 0. The molecule has 5 heteroatoms. The quantitative estimate of drug-likeness (QED) is 0.240. The molecule has 2 aromatic heterocycles. The van der Waals surface area contributed by atoms with E-state index in [-0.39, 0.29) is 0 Å². The van der Waals surface area contributed by atoms with Gasteiger partial charge in [0, 0.05) is 38.4 Å². The highest BCUT2D eigenvalue weighted by Gasteiger charge is 2.14. The van der Waals surface area contributed by atoms with Gasteiger partial charge in [0.15, 0.2) is 0 Å². The number of halogens is 1. The van der Waals surface area contributed by atoms with E-state index in [0.717, 1.165) is 27.6 Å². The molecule has 29 heavy (non-hydrogen) atoms. The summed E-state index contributed by atoms with van der Waals surface area (Å²) < 4.78 is 12.5. The number of fused-ring (bicyclic) bond motifs is 4. The second-order valence-corrected chi connectivity index (χ2v) is 8.90. The molecule has 0 radical (unpaired) electrons. The number of rotatable bonds is 6. The standard InChI is InChI=1S/C24H22BrN3S/c1-2-3-4-7-14-28-21-9-6-5-8-18(21)19-15-16(10-13-22(19)28)17-11-12-20(25)24-23(17)26-29-27-24/h5-6,8-13,15H,2-4,7,14H2,1H3. The van der Waals surface area contributed by atoms with Crippen molar-refractivity contribution >= 4 is 60.5 Å². The molecular weight excluding hydrogens is 442 g/mol. The van der Waals surface area contributed by atoms with E-state index in [1.807, 2.05) is 0 Å². The zero-order valence-corrected chi connectivity index (χ0v) is 18.8. The fourth-order valence-corrected chi connectivity index (χ4v) is 5.33. The van der Waals surface area contributed by atoms with Gasteiger partial charge in [0.2, 0.25) is 0 Å². The molecule has 0 unspecified atom stereocenters. The van der Waals surface area contributed by atoms with E-state index in [1.54, 1.807) is 0 Å². The predicted octanol–water partition coefficient (Wildman–Crippen LogP) is 7.81. The smallest absolute Gasteiger partial charge is 0.119 e. The Hall–Kier alpha value is -2.24. The average Bonchev–Trinajstić information content (AvgIpc) is 3.36. The lowest BCUT2D eigenvalue weighted by atomic mass is 10.0. The Balaban J connectivity index is 1.66. The number of aryl methyl sites for hydroxylation is 1. The van der Waals surface area contributed by atoms with Gasteiger partial charge in [-0.3, -0.25) is 0 Å². The van der Waals surface area contributed by atoms with Crippen molar-refractivity contribution < 1.29 is 0 Å². The molecule has 0 amide bonds. The van der Waals surface area contributed by atoms with Gasteiger partial charge in [-0.2, -0.15) is 8.75 Å². The second-order valence-electron chi connectivity index (χ2n) is 7.52. The highest BCUT2D eigenvalue weighted by atomic mass is 79.9. The summed E-state index contributed by atoms with van der Waals surface area (Å²) in [6.07, 6.45) is 5.09. The molecule has 2 heterocycles. The van der Waals surface area contributed by atoms with Crippen molar-refractivity contribution in [2.45, 2.75) is 39.2 Å². The molecule has 0 aliphatic carbocycles. The van der Waals surface area contributed by atoms with Crippen molar-refractivity contribution in [3.63, 3.8) is 0 Å². The average molecular weight is 464 g/mol. The van der Waals surface area contributed by atoms with E-state index in [4.69, 9.17) is 0 Å². The largest absolute Gasteiger partial charge is 0.340 e. The highest BCUT2D eigenvalue weighted by Crippen LogP contribution is 2.36. The van der Waals surface area contributed by atoms with Crippen LogP contribution in [0.5, 0.6) is 0 Å². The Morgan fingerprint density at radius 1 is 0.862 bits per heavy atom. The molecule has 0 atom stereocenters. The van der Waals surface area contributed by atoms with E-state index < -0.39 is 0 Å². The third-order valence-corrected chi connectivity index (χ3v) is 6.85. The van der Waals surface area contributed by atoms with Crippen molar-refractivity contribution in [3.8, 4) is 11.1 Å². The summed E-state index contributed by atoms with van der Waals surface area (Å²) in [5.41, 5.74) is 6.87. The summed E-state index contributed by atoms with van der Waals surface area (Å²) in [5, 5.41) is 2.64. The van der Waals surface area contributed by atoms with Gasteiger partial charge in [-0.05, 0) is 52.2 Å². The SMILES string of the molecule is CCCCCCn1c2ccccc2c2cc(-c3ccc(Br)c4nsnc34)ccc21. The first-order valence-electron chi connectivity index (χ1n) is 10.2. The summed E-state index contributed by atoms with van der Waals surface area (Å²) in [6, 6.07) is 19.8. The van der Waals surface area contributed by atoms with Gasteiger partial charge in [-0.25, -0.2) is 0 Å². The fraction of sp³-hybridized carbons (Fsp3) is 0.250. The van der Waals surface area contributed by atoms with E-state index in [0.29, 0.717) is 0 Å². The summed E-state index contributed by atoms with van der Waals surface area (Å²) in [4.78, 5) is 0. The normalized spacial score (nSPS) is 11.8. The van der Waals surface area contributed by atoms with Gasteiger partial charge in [-0.1, -0.05) is 56.5 Å². The van der Waals surface area contributed by atoms with Crippen LogP contribution >= 0.6 is 27.7 Å². The minimum absolute atomic E-state index is 0.936. The molecule has 0 saturated carbocycles. The number of hydrogen-bond acceptors (Lipinski definition) is 3. The molecule has 0 bridgehead atoms. The molecule has 0 N–H and O–H groups in total. The first-order valence-corrected chi connectivity index (χ1v) is 11.7. The Morgan fingerprint density at radius 3 is 2.59 bits per heavy atom. The maximum absolute atomic E-state index is 4.56. The minimum atomic E-state index is 0.936. The van der Waals surface area contributed by atoms with Crippen LogP contribution in [0, 0.1) is 0 Å². The number of aromatic nitrogens is 3. The number of hydrogen-bond donors (Lipinski definition) is 0. The first kappa shape index (κ1) is 18.8. The van der Waals surface area contributed by atoms with Crippen LogP contribution < -0.4 is 0 Å². The third kappa shape index (κ3) is 3.26. The lowest BCUT2D eigenvalue weighted by Crippen LogP contribution is -1.97. The molecule has 0 aliphatic heterocycles. The van der Waals surface area contributed by atoms with Gasteiger partial charge in [-0.15, -0.1) is 0 Å². The van der Waals surface area contributed by atoms with Crippen LogP contribution in [0.3, 0.4) is 0 Å². The minimum Gasteiger partial charge on any atom is -0.340 e. The Morgan fingerprint density at radius 2 is 1.69 bits per heavy atom. The second kappa shape index (κ2) is 7.88. The maximum atomic E-state index is 4.56. The van der Waals surface area contributed by atoms with Crippen LogP contribution in [0.4, 0.5) is 0 Å². The van der Waals surface area contributed by atoms with E-state index >= 15 is 0 Å². The molecule has 146 valence electrons. The summed E-state index contributed by atoms with van der Waals surface area (Å²) in [6.45, 7) is 3.33. The van der Waals surface area contributed by atoms with Gasteiger partial charge in [0.1, 0.15) is 11.0 Å². The van der Waals surface area contributed by atoms with Crippen LogP contribution in [0.15, 0.2) is 59.1 Å². The molecular formula is C24H22BrN3S. The Labute approximate surface area is 182 Å². The van der Waals surface area contributed by atoms with Crippen molar-refractivity contribution in [3.05, 3.63) is 59.1 Å². The molecule has 5 rings (SSSR count). The zero-order valence-electron chi connectivity index (χ0n) is 16.4. The molecule has 3 aromatic carbocycles. The molecule has 0 aliphatic rings. The van der Waals surface area contributed by atoms with Gasteiger partial charge < -0.3 is 4.57 Å². The van der Waals surface area contributed by atoms with Crippen LogP contribution in [-0.2, 0) is 6.54 Å². The first-order chi connectivity index (χ1) is 14.3. The van der Waals surface area contributed by atoms with Crippen LogP contribution in [0.1, 0.15) is 32.6 Å². The Bertz CT molecular complexity index is 1320. The van der Waals surface area contributed by atoms with E-state index in [2.05, 4.69) is 90.8 Å². The number of benzene rings is 3. The zero-order chi connectivity index (χ0) is 19.8. The summed E-state index contributed by atoms with van der Waals surface area (Å²) in [7, 11) is 0. The number of para-hydroxylation sites is 1. The van der Waals surface area contributed by atoms with Gasteiger partial charge in [0.05, 0.1) is 11.7 Å². The molecule has 3 nitrogen and oxygen atoms in total. The van der Waals surface area contributed by atoms with E-state index in [9.17, 15) is 0 Å². The summed E-state index contributed by atoms with van der Waals surface area (Å²) >= 11 is 4.86. The highest BCUT2D eigenvalue weighted by molar-refractivity contribution is 9.10. The number of unbranched alkanes of at least 4 members (excludes halogenated alkanes) is 3. The van der Waals surface area contributed by atoms with Crippen molar-refractivity contribution in [2.24, 2.45) is 0 Å². The lowest BCUT2D eigenvalue weighted by molar-refractivity contribution is 0.602. The van der Waals surface area contributed by atoms with Gasteiger partial charge in [0.25, 0.3) is 0 Å². The van der Waals surface area contributed by atoms with Crippen LogP contribution in [0.25, 0.3) is 44.0 Å². The third-order valence-electron chi connectivity index (χ3n) is 5.68. The van der Waals surface area contributed by atoms with Crippen molar-refractivity contribution in [1.29, 1.82) is 0 Å². The molecule has 0 spiro atoms. The molecule has 0 saturated heterocycles. The number of nitrogens with zero attached hydrogens (tertiary/aromatic N) is 3. The van der Waals surface area contributed by atoms with Crippen LogP contribution in [-0.4, -0.2) is 13.3 Å². The monoisotopic (exact) mass is 463 g/mol. The predicted molar refractivity (Wildman–Crippen MR) is 128 cm³/mol. The van der Waals surface area contributed by atoms with Gasteiger partial charge >= 0.3 is 0 Å². The topological polar surface area (TPSA) is 30.7 Å². The molecule has 5 aromatic rings. The van der Waals surface area contributed by atoms with E-state index in [1.165, 1.54) is 64.8 Å². The maximum Gasteiger partial charge on any atom is 0.119 e. The lowest BCUT2D eigenvalue weighted by Gasteiger charge is -2.08. The molecule has 0 fully saturated rings. The fourth-order valence-electron chi connectivity index (χ4n) is 4.23. The Kier molecular flexibility index (Phi) is 5.10. The van der Waals surface area contributed by atoms with Crippen molar-refractivity contribution in [2.75, 3.05) is 0 Å².